The number of morpholine rings is 1. The van der Waals surface area contributed by atoms with Crippen molar-refractivity contribution in [2.24, 2.45) is 5.41 Å². The lowest BCUT2D eigenvalue weighted by atomic mass is 9.53. The van der Waals surface area contributed by atoms with Crippen LogP contribution in [0.15, 0.2) is 97.1 Å². The van der Waals surface area contributed by atoms with E-state index in [2.05, 4.69) is 41.2 Å². The summed E-state index contributed by atoms with van der Waals surface area (Å²) in [5.74, 6) is -0.646. The summed E-state index contributed by atoms with van der Waals surface area (Å²) < 4.78 is 6.57. The molecule has 0 unspecified atom stereocenters. The fraction of sp³-hybridized carbons (Fsp3) is 0.342. The maximum atomic E-state index is 15.1. The molecule has 4 aliphatic rings. The molecule has 4 aromatic rings. The van der Waals surface area contributed by atoms with Gasteiger partial charge in [-0.3, -0.25) is 14.5 Å². The molecule has 1 saturated carbocycles. The van der Waals surface area contributed by atoms with Gasteiger partial charge in [-0.2, -0.15) is 0 Å². The van der Waals surface area contributed by atoms with Crippen molar-refractivity contribution in [2.45, 2.75) is 74.6 Å². The molecule has 1 amide bonds. The van der Waals surface area contributed by atoms with Crippen molar-refractivity contribution in [3.05, 3.63) is 129 Å². The van der Waals surface area contributed by atoms with Gasteiger partial charge in [0.2, 0.25) is 5.91 Å². The molecule has 1 aliphatic carbocycles. The number of rotatable bonds is 3. The van der Waals surface area contributed by atoms with Gasteiger partial charge >= 0.3 is 5.97 Å². The van der Waals surface area contributed by atoms with E-state index >= 15 is 4.79 Å². The minimum absolute atomic E-state index is 0.0730. The maximum absolute atomic E-state index is 15.1. The van der Waals surface area contributed by atoms with Gasteiger partial charge in [0, 0.05) is 22.0 Å². The van der Waals surface area contributed by atoms with E-state index in [1.54, 1.807) is 6.07 Å². The van der Waals surface area contributed by atoms with Gasteiger partial charge in [-0.1, -0.05) is 116 Å². The number of nitrogens with zero attached hydrogens (tertiary/aromatic N) is 2. The molecular weight excluding hydrogens is 617 g/mol. The van der Waals surface area contributed by atoms with Gasteiger partial charge in [0.1, 0.15) is 28.5 Å². The first kappa shape index (κ1) is 29.7. The molecule has 3 aromatic carbocycles. The summed E-state index contributed by atoms with van der Waals surface area (Å²) in [4.78, 5) is 37.0. The van der Waals surface area contributed by atoms with E-state index in [1.165, 1.54) is 0 Å². The molecule has 2 saturated heterocycles. The minimum Gasteiger partial charge on any atom is -0.454 e. The van der Waals surface area contributed by atoms with E-state index in [0.29, 0.717) is 28.8 Å². The second-order valence-corrected chi connectivity index (χ2v) is 14.8. The summed E-state index contributed by atoms with van der Waals surface area (Å²) in [6.07, 6.45) is 2.61. The number of esters is 1. The number of ether oxygens (including phenoxy) is 1. The predicted octanol–water partition coefficient (Wildman–Crippen LogP) is 8.42. The van der Waals surface area contributed by atoms with Gasteiger partial charge in [-0.05, 0) is 66.0 Å². The quantitative estimate of drug-likeness (QED) is 0.178. The summed E-state index contributed by atoms with van der Waals surface area (Å²) in [6, 6.07) is 30.5. The third-order valence-corrected chi connectivity index (χ3v) is 11.6. The van der Waals surface area contributed by atoms with Gasteiger partial charge in [0.25, 0.3) is 0 Å². The fourth-order valence-electron chi connectivity index (χ4n) is 9.20. The Balaban J connectivity index is 1.48. The zero-order valence-electron chi connectivity index (χ0n) is 25.8. The number of pyridine rings is 1. The summed E-state index contributed by atoms with van der Waals surface area (Å²) in [5.41, 5.74) is 1.68. The average molecular weight is 653 g/mol. The summed E-state index contributed by atoms with van der Waals surface area (Å²) in [6.45, 7) is 4.59. The Kier molecular flexibility index (Phi) is 6.88. The number of hydrogen-bond acceptors (Lipinski definition) is 5. The van der Waals surface area contributed by atoms with Crippen molar-refractivity contribution >= 4 is 40.9 Å². The molecule has 1 aromatic heterocycles. The number of aromatic nitrogens is 1. The number of carbonyl (C=O) groups excluding carboxylic acids is 2. The van der Waals surface area contributed by atoms with Crippen molar-refractivity contribution in [3.8, 4) is 0 Å². The molecule has 3 aliphatic heterocycles. The van der Waals surface area contributed by atoms with Gasteiger partial charge in [-0.25, -0.2) is 4.98 Å². The minimum atomic E-state index is -1.18. The Morgan fingerprint density at radius 1 is 0.783 bits per heavy atom. The molecule has 8 rings (SSSR count). The highest BCUT2D eigenvalue weighted by atomic mass is 35.5. The van der Waals surface area contributed by atoms with Crippen molar-refractivity contribution in [1.82, 2.24) is 9.88 Å². The Hall–Kier alpha value is -3.71. The number of nitrogens with one attached hydrogen (secondary N) is 1. The Morgan fingerprint density at radius 2 is 1.43 bits per heavy atom. The van der Waals surface area contributed by atoms with Gasteiger partial charge in [0.15, 0.2) is 0 Å². The third-order valence-electron chi connectivity index (χ3n) is 11.2. The van der Waals surface area contributed by atoms with E-state index in [-0.39, 0.29) is 23.3 Å². The fourth-order valence-corrected chi connectivity index (χ4v) is 9.55. The van der Waals surface area contributed by atoms with Crippen LogP contribution < -0.4 is 5.32 Å². The van der Waals surface area contributed by atoms with E-state index in [1.807, 2.05) is 78.9 Å². The second-order valence-electron chi connectivity index (χ2n) is 14.0. The van der Waals surface area contributed by atoms with Crippen LogP contribution in [0.1, 0.15) is 79.8 Å². The smallest absolute Gasteiger partial charge is 0.324 e. The monoisotopic (exact) mass is 651 g/mol. The molecule has 3 fully saturated rings. The highest BCUT2D eigenvalue weighted by Gasteiger charge is 2.78. The summed E-state index contributed by atoms with van der Waals surface area (Å²) in [7, 11) is 0. The SMILES string of the molecule is CC1(C)CCC2(CC1)N1[C@H](c3ccccc3)[C@H](c3ccccc3)OC(=O)[C@H]1[C@H](c1cccc(Cl)c1)[C@@]21C(=O)Nc2nc(Cl)ccc21. The Bertz CT molecular complexity index is 1840. The lowest BCUT2D eigenvalue weighted by Gasteiger charge is -2.57. The Morgan fingerprint density at radius 3 is 2.11 bits per heavy atom. The van der Waals surface area contributed by atoms with E-state index in [4.69, 9.17) is 27.9 Å². The number of cyclic esters (lactones) is 1. The number of benzene rings is 3. The van der Waals surface area contributed by atoms with Crippen LogP contribution in [0.4, 0.5) is 5.82 Å². The largest absolute Gasteiger partial charge is 0.454 e. The van der Waals surface area contributed by atoms with Crippen LogP contribution in [0.5, 0.6) is 0 Å². The summed E-state index contributed by atoms with van der Waals surface area (Å²) in [5, 5.41) is 4.00. The van der Waals surface area contributed by atoms with Crippen LogP contribution in [-0.4, -0.2) is 33.3 Å². The molecule has 46 heavy (non-hydrogen) atoms. The van der Waals surface area contributed by atoms with Crippen molar-refractivity contribution in [1.29, 1.82) is 0 Å². The molecule has 5 atom stereocenters. The highest BCUT2D eigenvalue weighted by molar-refractivity contribution is 6.30. The molecule has 2 spiro atoms. The second kappa shape index (κ2) is 10.7. The first-order chi connectivity index (χ1) is 22.2. The number of halogens is 2. The number of fused-ring (bicyclic) bond motifs is 5. The van der Waals surface area contributed by atoms with E-state index < -0.39 is 29.0 Å². The number of amides is 1. The van der Waals surface area contributed by atoms with Crippen molar-refractivity contribution < 1.29 is 14.3 Å². The maximum Gasteiger partial charge on any atom is 0.324 e. The number of hydrogen-bond donors (Lipinski definition) is 1. The molecule has 4 heterocycles. The zero-order chi connectivity index (χ0) is 31.8. The molecule has 8 heteroatoms. The lowest BCUT2D eigenvalue weighted by Crippen LogP contribution is -2.64. The molecule has 234 valence electrons. The van der Waals surface area contributed by atoms with Crippen molar-refractivity contribution in [3.63, 3.8) is 0 Å². The predicted molar refractivity (Wildman–Crippen MR) is 179 cm³/mol. The average Bonchev–Trinajstić information content (AvgIpc) is 3.48. The molecule has 1 N–H and O–H groups in total. The third kappa shape index (κ3) is 4.16. The van der Waals surface area contributed by atoms with Crippen LogP contribution >= 0.6 is 23.2 Å². The van der Waals surface area contributed by atoms with Gasteiger partial charge < -0.3 is 10.1 Å². The lowest BCUT2D eigenvalue weighted by molar-refractivity contribution is -0.184. The molecule has 0 radical (unpaired) electrons. The van der Waals surface area contributed by atoms with Crippen LogP contribution in [0.2, 0.25) is 10.2 Å². The van der Waals surface area contributed by atoms with E-state index in [9.17, 15) is 4.79 Å². The van der Waals surface area contributed by atoms with Crippen LogP contribution in [0.3, 0.4) is 0 Å². The molecule has 0 bridgehead atoms. The topological polar surface area (TPSA) is 71.5 Å². The van der Waals surface area contributed by atoms with E-state index in [0.717, 1.165) is 35.1 Å². The first-order valence-corrected chi connectivity index (χ1v) is 16.7. The van der Waals surface area contributed by atoms with Crippen LogP contribution in [0.25, 0.3) is 0 Å². The number of carbonyl (C=O) groups is 2. The van der Waals surface area contributed by atoms with Gasteiger partial charge in [-0.15, -0.1) is 0 Å². The van der Waals surface area contributed by atoms with Gasteiger partial charge in [0.05, 0.1) is 6.04 Å². The zero-order valence-corrected chi connectivity index (χ0v) is 27.3. The van der Waals surface area contributed by atoms with Crippen LogP contribution in [-0.2, 0) is 19.7 Å². The summed E-state index contributed by atoms with van der Waals surface area (Å²) >= 11 is 13.1. The number of anilines is 1. The highest BCUT2D eigenvalue weighted by Crippen LogP contribution is 2.70. The van der Waals surface area contributed by atoms with Crippen molar-refractivity contribution in [2.75, 3.05) is 5.32 Å². The molecular formula is C38H35Cl2N3O3. The van der Waals surface area contributed by atoms with Crippen LogP contribution in [0, 0.1) is 5.41 Å². The standard InChI is InChI=1S/C38H35Cl2N3O3/c1-36(2)18-20-37(21-19-36)38(27-16-17-28(40)41-33(27)42-35(38)45)29(25-14-9-15-26(39)22-25)31-34(44)46-32(24-12-7-4-8-13-24)30(43(31)37)23-10-5-3-6-11-23/h3-17,22,29-32H,18-21H2,1-2H3,(H,41,42,45)/t29-,30+,31+,32-,38-/m0/s1. The first-order valence-electron chi connectivity index (χ1n) is 16.0. The Labute approximate surface area is 279 Å². The normalized spacial score (nSPS) is 29.3. The molecule has 6 nitrogen and oxygen atoms in total.